The highest BCUT2D eigenvalue weighted by Crippen LogP contribution is 2.50. The van der Waals surface area contributed by atoms with Crippen LogP contribution in [0.25, 0.3) is 6.08 Å². The van der Waals surface area contributed by atoms with Crippen molar-refractivity contribution in [3.05, 3.63) is 114 Å². The summed E-state index contributed by atoms with van der Waals surface area (Å²) < 4.78 is 0. The summed E-state index contributed by atoms with van der Waals surface area (Å²) in [5.41, 5.74) is 3.26. The van der Waals surface area contributed by atoms with E-state index in [1.165, 1.54) is 11.1 Å². The normalized spacial score (nSPS) is 23.0. The van der Waals surface area contributed by atoms with Crippen molar-refractivity contribution in [3.63, 3.8) is 0 Å². The molecule has 1 fully saturated rings. The molecule has 33 heavy (non-hydrogen) atoms. The Morgan fingerprint density at radius 1 is 0.667 bits per heavy atom. The van der Waals surface area contributed by atoms with Gasteiger partial charge >= 0.3 is 0 Å². The monoisotopic (exact) mass is 438 g/mol. The lowest BCUT2D eigenvalue weighted by molar-refractivity contribution is -0.133. The van der Waals surface area contributed by atoms with E-state index >= 15 is 0 Å². The Morgan fingerprint density at radius 2 is 1.09 bits per heavy atom. The third-order valence-corrected chi connectivity index (χ3v) is 7.57. The van der Waals surface area contributed by atoms with Gasteiger partial charge in [0.05, 0.1) is 5.54 Å². The molecule has 3 aromatic rings. The maximum Gasteiger partial charge on any atom is 0.247 e. The molecule has 0 bridgehead atoms. The van der Waals surface area contributed by atoms with Crippen LogP contribution in [0.5, 0.6) is 0 Å². The highest BCUT2D eigenvalue weighted by Gasteiger charge is 2.48. The predicted molar refractivity (Wildman–Crippen MR) is 137 cm³/mol. The number of hydrogen-bond donors (Lipinski definition) is 0. The van der Waals surface area contributed by atoms with Crippen LogP contribution in [0.15, 0.2) is 97.1 Å². The number of likely N-dealkylation sites (N-methyl/N-ethyl adjacent to an activating group) is 1. The molecule has 0 N–H and O–H groups in total. The molecule has 3 nitrogen and oxygen atoms in total. The maximum absolute atomic E-state index is 13.4. The fraction of sp³-hybridized carbons (Fsp3) is 0.300. The summed E-state index contributed by atoms with van der Waals surface area (Å²) in [6.45, 7) is 0. The maximum atomic E-state index is 13.4. The summed E-state index contributed by atoms with van der Waals surface area (Å²) in [7, 11) is 6.33. The first-order chi connectivity index (χ1) is 16.0. The Morgan fingerprint density at radius 3 is 1.58 bits per heavy atom. The minimum Gasteiger partial charge on any atom is -0.332 e. The average molecular weight is 439 g/mol. The van der Waals surface area contributed by atoms with Crippen molar-refractivity contribution < 1.29 is 4.79 Å². The highest BCUT2D eigenvalue weighted by atomic mass is 16.2. The fourth-order valence-corrected chi connectivity index (χ4v) is 5.44. The molecule has 170 valence electrons. The lowest BCUT2D eigenvalue weighted by atomic mass is 9.66. The van der Waals surface area contributed by atoms with Crippen molar-refractivity contribution in [3.8, 4) is 0 Å². The number of rotatable bonds is 6. The molecule has 0 aliphatic heterocycles. The van der Waals surface area contributed by atoms with E-state index in [1.54, 1.807) is 6.08 Å². The van der Waals surface area contributed by atoms with E-state index in [9.17, 15) is 4.79 Å². The first kappa shape index (κ1) is 23.0. The zero-order valence-corrected chi connectivity index (χ0v) is 19.9. The SMILES string of the molecule is CN(C)[C@]1(c2ccccc2)CC[C@](c2ccccc2)(N(C)C(=O)/C=C/c2ccccc2)CC1. The molecular weight excluding hydrogens is 404 g/mol. The zero-order valence-electron chi connectivity index (χ0n) is 19.9. The topological polar surface area (TPSA) is 23.6 Å². The third-order valence-electron chi connectivity index (χ3n) is 7.57. The molecule has 0 spiro atoms. The molecule has 0 atom stereocenters. The van der Waals surface area contributed by atoms with Crippen LogP contribution < -0.4 is 0 Å². The summed E-state index contributed by atoms with van der Waals surface area (Å²) in [5, 5.41) is 0. The first-order valence-corrected chi connectivity index (χ1v) is 11.8. The number of amides is 1. The van der Waals surface area contributed by atoms with Gasteiger partial charge in [-0.1, -0.05) is 91.0 Å². The largest absolute Gasteiger partial charge is 0.332 e. The van der Waals surface area contributed by atoms with Gasteiger partial charge in [-0.15, -0.1) is 0 Å². The van der Waals surface area contributed by atoms with Crippen LogP contribution in [0.2, 0.25) is 0 Å². The van der Waals surface area contributed by atoms with Crippen LogP contribution in [-0.4, -0.2) is 36.9 Å². The van der Waals surface area contributed by atoms with Crippen molar-refractivity contribution in [2.24, 2.45) is 0 Å². The Hall–Kier alpha value is -3.17. The van der Waals surface area contributed by atoms with E-state index in [-0.39, 0.29) is 17.0 Å². The Kier molecular flexibility index (Phi) is 6.80. The zero-order chi connectivity index (χ0) is 23.3. The molecule has 1 aliphatic rings. The molecule has 1 aliphatic carbocycles. The standard InChI is InChI=1S/C30H34N2O/c1-31(2)29(26-15-9-5-10-16-26)21-23-30(24-22-29,27-17-11-6-12-18-27)32(3)28(33)20-19-25-13-7-4-8-14-25/h4-20H,21-24H2,1-3H3/b20-19+/t29-,30+. The average Bonchev–Trinajstić information content (AvgIpc) is 2.88. The molecule has 0 radical (unpaired) electrons. The van der Waals surface area contributed by atoms with Gasteiger partial charge in [0.1, 0.15) is 0 Å². The van der Waals surface area contributed by atoms with Gasteiger partial charge < -0.3 is 4.90 Å². The van der Waals surface area contributed by atoms with Crippen LogP contribution in [0.1, 0.15) is 42.4 Å². The predicted octanol–water partition coefficient (Wildman–Crippen LogP) is 6.08. The molecule has 3 heteroatoms. The van der Waals surface area contributed by atoms with E-state index in [1.807, 2.05) is 54.4 Å². The second-order valence-electron chi connectivity index (χ2n) is 9.33. The van der Waals surface area contributed by atoms with Crippen molar-refractivity contribution in [2.75, 3.05) is 21.1 Å². The molecule has 1 amide bonds. The van der Waals surface area contributed by atoms with E-state index in [2.05, 4.69) is 73.6 Å². The van der Waals surface area contributed by atoms with Gasteiger partial charge in [-0.25, -0.2) is 0 Å². The summed E-state index contributed by atoms with van der Waals surface area (Å²) in [6.07, 6.45) is 7.41. The Labute approximate surface area is 198 Å². The first-order valence-electron chi connectivity index (χ1n) is 11.8. The summed E-state index contributed by atoms with van der Waals surface area (Å²) >= 11 is 0. The molecule has 4 rings (SSSR count). The Bertz CT molecular complexity index is 1070. The molecular formula is C30H34N2O. The number of nitrogens with zero attached hydrogens (tertiary/aromatic N) is 2. The van der Waals surface area contributed by atoms with Crippen LogP contribution in [0.3, 0.4) is 0 Å². The van der Waals surface area contributed by atoms with Gasteiger partial charge in [0.15, 0.2) is 0 Å². The highest BCUT2D eigenvalue weighted by molar-refractivity contribution is 5.92. The number of carbonyl (C=O) groups excluding carboxylic acids is 1. The summed E-state index contributed by atoms with van der Waals surface area (Å²) in [5.74, 6) is 0.0415. The van der Waals surface area contributed by atoms with Gasteiger partial charge in [0, 0.05) is 18.7 Å². The van der Waals surface area contributed by atoms with Crippen molar-refractivity contribution in [2.45, 2.75) is 36.8 Å². The number of hydrogen-bond acceptors (Lipinski definition) is 2. The number of benzene rings is 3. The molecule has 0 unspecified atom stereocenters. The fourth-order valence-electron chi connectivity index (χ4n) is 5.44. The van der Waals surface area contributed by atoms with Gasteiger partial charge in [-0.05, 0) is 62.5 Å². The lowest BCUT2D eigenvalue weighted by Crippen LogP contribution is -2.54. The van der Waals surface area contributed by atoms with E-state index in [4.69, 9.17) is 0 Å². The quantitative estimate of drug-likeness (QED) is 0.435. The van der Waals surface area contributed by atoms with E-state index < -0.39 is 0 Å². The molecule has 1 saturated carbocycles. The van der Waals surface area contributed by atoms with Crippen LogP contribution in [-0.2, 0) is 15.9 Å². The summed E-state index contributed by atoms with van der Waals surface area (Å²) in [4.78, 5) is 17.7. The smallest absolute Gasteiger partial charge is 0.247 e. The lowest BCUT2D eigenvalue weighted by Gasteiger charge is -2.53. The van der Waals surface area contributed by atoms with E-state index in [0.717, 1.165) is 31.2 Å². The van der Waals surface area contributed by atoms with Crippen molar-refractivity contribution >= 4 is 12.0 Å². The van der Waals surface area contributed by atoms with Gasteiger partial charge in [0.2, 0.25) is 5.91 Å². The van der Waals surface area contributed by atoms with Crippen LogP contribution in [0, 0.1) is 0 Å². The minimum atomic E-state index is -0.326. The number of carbonyl (C=O) groups is 1. The van der Waals surface area contributed by atoms with Gasteiger partial charge in [-0.3, -0.25) is 9.69 Å². The van der Waals surface area contributed by atoms with Crippen molar-refractivity contribution in [1.82, 2.24) is 9.80 Å². The van der Waals surface area contributed by atoms with Crippen LogP contribution in [0.4, 0.5) is 0 Å². The molecule has 3 aromatic carbocycles. The van der Waals surface area contributed by atoms with Gasteiger partial charge in [0.25, 0.3) is 0 Å². The Balaban J connectivity index is 1.66. The van der Waals surface area contributed by atoms with Gasteiger partial charge in [-0.2, -0.15) is 0 Å². The minimum absolute atomic E-state index is 0.0245. The molecule has 0 aromatic heterocycles. The van der Waals surface area contributed by atoms with E-state index in [0.29, 0.717) is 0 Å². The molecule has 0 saturated heterocycles. The molecule has 0 heterocycles. The summed E-state index contributed by atoms with van der Waals surface area (Å²) in [6, 6.07) is 31.4. The van der Waals surface area contributed by atoms with Crippen LogP contribution >= 0.6 is 0 Å². The second-order valence-corrected chi connectivity index (χ2v) is 9.33. The second kappa shape index (κ2) is 9.76. The van der Waals surface area contributed by atoms with Crippen molar-refractivity contribution in [1.29, 1.82) is 0 Å². The third kappa shape index (κ3) is 4.51.